The largest absolute Gasteiger partial charge is 0.493 e. The predicted molar refractivity (Wildman–Crippen MR) is 160 cm³/mol. The molecule has 5 rings (SSSR count). The van der Waals surface area contributed by atoms with Crippen molar-refractivity contribution in [2.75, 3.05) is 26.9 Å². The van der Waals surface area contributed by atoms with Gasteiger partial charge in [0.1, 0.15) is 25.1 Å². The Morgan fingerprint density at radius 1 is 0.953 bits per heavy atom. The Bertz CT molecular complexity index is 1730. The number of hydrogen-bond donors (Lipinski definition) is 3. The van der Waals surface area contributed by atoms with Crippen LogP contribution in [-0.2, 0) is 17.9 Å². The zero-order valence-electron chi connectivity index (χ0n) is 23.4. The highest BCUT2D eigenvalue weighted by Gasteiger charge is 2.16. The molecule has 0 saturated carbocycles. The number of aromatic nitrogens is 1. The number of nitrogens with one attached hydrogen (secondary N) is 2. The van der Waals surface area contributed by atoms with Crippen LogP contribution in [0.2, 0.25) is 0 Å². The Labute approximate surface area is 247 Å². The Morgan fingerprint density at radius 2 is 1.70 bits per heavy atom. The van der Waals surface area contributed by atoms with Crippen molar-refractivity contribution in [2.45, 2.75) is 19.1 Å². The number of fused-ring (bicyclic) bond motifs is 3. The molecule has 11 nitrogen and oxygen atoms in total. The molecule has 1 aromatic heterocycles. The van der Waals surface area contributed by atoms with Crippen LogP contribution in [0.1, 0.15) is 21.5 Å². The molecule has 0 aliphatic rings. The molecule has 0 bridgehead atoms. The second kappa shape index (κ2) is 13.6. The lowest BCUT2D eigenvalue weighted by atomic mass is 10.0. The van der Waals surface area contributed by atoms with E-state index in [1.165, 1.54) is 0 Å². The summed E-state index contributed by atoms with van der Waals surface area (Å²) in [5.41, 5.74) is 3.31. The van der Waals surface area contributed by atoms with E-state index in [0.29, 0.717) is 40.4 Å². The summed E-state index contributed by atoms with van der Waals surface area (Å²) >= 11 is 0. The third kappa shape index (κ3) is 7.14. The van der Waals surface area contributed by atoms with Crippen molar-refractivity contribution in [1.29, 1.82) is 0 Å². The molecule has 11 heteroatoms. The normalized spacial score (nSPS) is 11.7. The van der Waals surface area contributed by atoms with Crippen LogP contribution in [-0.4, -0.2) is 54.1 Å². The Balaban J connectivity index is 1.22. The topological polar surface area (TPSA) is 145 Å². The minimum absolute atomic E-state index is 0.0362. The fourth-order valence-electron chi connectivity index (χ4n) is 4.82. The van der Waals surface area contributed by atoms with E-state index in [-0.39, 0.29) is 26.4 Å². The highest BCUT2D eigenvalue weighted by atomic mass is 16.9. The zero-order chi connectivity index (χ0) is 30.2. The molecule has 4 aromatic carbocycles. The lowest BCUT2D eigenvalue weighted by molar-refractivity contribution is -0.763. The quantitative estimate of drug-likeness (QED) is 0.124. The number of carbonyl (C=O) groups excluding carboxylic acids is 1. The maximum Gasteiger partial charge on any atom is 0.294 e. The molecule has 0 radical (unpaired) electrons. The molecule has 1 amide bonds. The summed E-state index contributed by atoms with van der Waals surface area (Å²) in [6.07, 6.45) is -0.651. The third-order valence-electron chi connectivity index (χ3n) is 6.88. The van der Waals surface area contributed by atoms with E-state index in [1.54, 1.807) is 37.4 Å². The van der Waals surface area contributed by atoms with E-state index in [4.69, 9.17) is 14.2 Å². The van der Waals surface area contributed by atoms with Crippen molar-refractivity contribution >= 4 is 27.7 Å². The molecule has 1 unspecified atom stereocenters. The summed E-state index contributed by atoms with van der Waals surface area (Å²) in [6.45, 7) is -0.124. The summed E-state index contributed by atoms with van der Waals surface area (Å²) in [4.78, 5) is 31.7. The molecule has 0 aliphatic carbocycles. The maximum absolute atomic E-state index is 13.2. The van der Waals surface area contributed by atoms with Gasteiger partial charge in [0.15, 0.2) is 11.5 Å². The van der Waals surface area contributed by atoms with Gasteiger partial charge in [-0.15, -0.1) is 10.1 Å². The van der Waals surface area contributed by atoms with Gasteiger partial charge in [-0.1, -0.05) is 54.6 Å². The molecule has 1 atom stereocenters. The number of nitrogens with zero attached hydrogens (tertiary/aromatic N) is 1. The van der Waals surface area contributed by atoms with Gasteiger partial charge in [-0.2, -0.15) is 0 Å². The summed E-state index contributed by atoms with van der Waals surface area (Å²) in [6, 6.07) is 25.7. The lowest BCUT2D eigenvalue weighted by Gasteiger charge is -2.16. The first-order chi connectivity index (χ1) is 20.9. The zero-order valence-corrected chi connectivity index (χ0v) is 23.4. The van der Waals surface area contributed by atoms with Gasteiger partial charge in [0.2, 0.25) is 0 Å². The SMILES string of the molecule is COc1ccccc1OCCc1cc(CO[N+](=O)[O-])ccc1C(=O)NCC(O)COc1cccc2c1[nH]c1ccccc12. The molecule has 5 aromatic rings. The lowest BCUT2D eigenvalue weighted by Crippen LogP contribution is -2.35. The molecule has 0 aliphatic heterocycles. The van der Waals surface area contributed by atoms with Crippen LogP contribution in [0, 0.1) is 10.1 Å². The molecule has 3 N–H and O–H groups in total. The number of aromatic amines is 1. The van der Waals surface area contributed by atoms with Crippen LogP contribution >= 0.6 is 0 Å². The Kier molecular flexibility index (Phi) is 9.23. The third-order valence-corrected chi connectivity index (χ3v) is 6.88. The second-order valence-corrected chi connectivity index (χ2v) is 9.76. The monoisotopic (exact) mass is 585 g/mol. The number of amides is 1. The number of para-hydroxylation sites is 4. The minimum atomic E-state index is -0.978. The van der Waals surface area contributed by atoms with E-state index >= 15 is 0 Å². The molecule has 0 saturated heterocycles. The number of aliphatic hydroxyl groups is 1. The van der Waals surface area contributed by atoms with Gasteiger partial charge in [-0.05, 0) is 41.5 Å². The molecule has 0 fully saturated rings. The van der Waals surface area contributed by atoms with E-state index in [1.807, 2.05) is 54.6 Å². The predicted octanol–water partition coefficient (Wildman–Crippen LogP) is 4.83. The van der Waals surface area contributed by atoms with Crippen molar-refractivity contribution in [1.82, 2.24) is 10.3 Å². The number of benzene rings is 4. The summed E-state index contributed by atoms with van der Waals surface area (Å²) in [5, 5.41) is 25.3. The smallest absolute Gasteiger partial charge is 0.294 e. The highest BCUT2D eigenvalue weighted by molar-refractivity contribution is 6.09. The van der Waals surface area contributed by atoms with Crippen molar-refractivity contribution in [3.05, 3.63) is 112 Å². The van der Waals surface area contributed by atoms with E-state index in [2.05, 4.69) is 15.1 Å². The van der Waals surface area contributed by atoms with Gasteiger partial charge in [-0.25, -0.2) is 0 Å². The number of carbonyl (C=O) groups is 1. The first-order valence-corrected chi connectivity index (χ1v) is 13.7. The van der Waals surface area contributed by atoms with Crippen LogP contribution in [0.5, 0.6) is 17.2 Å². The van der Waals surface area contributed by atoms with Crippen molar-refractivity contribution in [3.8, 4) is 17.2 Å². The second-order valence-electron chi connectivity index (χ2n) is 9.76. The summed E-state index contributed by atoms with van der Waals surface area (Å²) in [5.74, 6) is 1.32. The average molecular weight is 586 g/mol. The van der Waals surface area contributed by atoms with E-state index in [0.717, 1.165) is 21.8 Å². The molecule has 43 heavy (non-hydrogen) atoms. The van der Waals surface area contributed by atoms with Crippen LogP contribution in [0.25, 0.3) is 21.8 Å². The van der Waals surface area contributed by atoms with Gasteiger partial charge in [0.05, 0.1) is 19.2 Å². The number of aliphatic hydroxyl groups excluding tert-OH is 1. The van der Waals surface area contributed by atoms with Gasteiger partial charge in [0.25, 0.3) is 11.0 Å². The Morgan fingerprint density at radius 3 is 2.51 bits per heavy atom. The molecule has 222 valence electrons. The number of ether oxygens (including phenoxy) is 3. The fraction of sp³-hybridized carbons (Fsp3) is 0.219. The van der Waals surface area contributed by atoms with Crippen LogP contribution < -0.4 is 19.5 Å². The van der Waals surface area contributed by atoms with E-state index in [9.17, 15) is 20.0 Å². The number of rotatable bonds is 14. The van der Waals surface area contributed by atoms with Crippen LogP contribution in [0.3, 0.4) is 0 Å². The Hall–Kier alpha value is -5.29. The summed E-state index contributed by atoms with van der Waals surface area (Å²) in [7, 11) is 1.55. The van der Waals surface area contributed by atoms with Crippen molar-refractivity contribution in [2.24, 2.45) is 0 Å². The van der Waals surface area contributed by atoms with Crippen molar-refractivity contribution in [3.63, 3.8) is 0 Å². The first kappa shape index (κ1) is 29.2. The minimum Gasteiger partial charge on any atom is -0.493 e. The van der Waals surface area contributed by atoms with Gasteiger partial charge in [0, 0.05) is 34.8 Å². The van der Waals surface area contributed by atoms with Gasteiger partial charge in [-0.3, -0.25) is 4.79 Å². The number of methoxy groups -OCH3 is 1. The fourth-order valence-corrected chi connectivity index (χ4v) is 4.82. The molecular weight excluding hydrogens is 554 g/mol. The van der Waals surface area contributed by atoms with E-state index < -0.39 is 17.1 Å². The maximum atomic E-state index is 13.2. The highest BCUT2D eigenvalue weighted by Crippen LogP contribution is 2.31. The first-order valence-electron chi connectivity index (χ1n) is 13.7. The molecule has 1 heterocycles. The van der Waals surface area contributed by atoms with Gasteiger partial charge < -0.3 is 34.5 Å². The van der Waals surface area contributed by atoms with Crippen LogP contribution in [0.4, 0.5) is 0 Å². The van der Waals surface area contributed by atoms with Gasteiger partial charge >= 0.3 is 0 Å². The number of H-pyrrole nitrogens is 1. The van der Waals surface area contributed by atoms with Crippen molar-refractivity contribution < 1.29 is 34.0 Å². The standard InChI is InChI=1S/C32H31N3O8/c1-40-28-10-4-5-11-29(28)41-16-15-22-17-21(19-43-35(38)39)13-14-24(22)32(37)33-18-23(36)20-42-30-12-6-8-26-25-7-2-3-9-27(25)34-31(26)30/h2-14,17,23,34,36H,15-16,18-20H2,1H3,(H,33,37). The number of hydrogen-bond acceptors (Lipinski definition) is 8. The summed E-state index contributed by atoms with van der Waals surface area (Å²) < 4.78 is 17.1. The average Bonchev–Trinajstić information content (AvgIpc) is 3.41. The van der Waals surface area contributed by atoms with Crippen LogP contribution in [0.15, 0.2) is 84.9 Å². The molecular formula is C32H31N3O8. The molecule has 0 spiro atoms.